The fourth-order valence-corrected chi connectivity index (χ4v) is 1.62. The highest BCUT2D eigenvalue weighted by atomic mass is 32.1. The van der Waals surface area contributed by atoms with Gasteiger partial charge in [-0.25, -0.2) is 0 Å². The molecule has 0 heterocycles. The third-order valence-corrected chi connectivity index (χ3v) is 2.71. The molecule has 0 spiro atoms. The highest BCUT2D eigenvalue weighted by Crippen LogP contribution is 2.05. The van der Waals surface area contributed by atoms with Crippen LogP contribution in [-0.4, -0.2) is 42.6 Å². The lowest BCUT2D eigenvalue weighted by Crippen LogP contribution is -2.36. The summed E-state index contributed by atoms with van der Waals surface area (Å²) in [6.07, 6.45) is 0.525. The van der Waals surface area contributed by atoms with Crippen molar-refractivity contribution in [3.8, 4) is 0 Å². The second-order valence-corrected chi connectivity index (χ2v) is 4.39. The van der Waals surface area contributed by atoms with E-state index in [4.69, 9.17) is 22.7 Å². The van der Waals surface area contributed by atoms with Crippen molar-refractivity contribution in [1.82, 2.24) is 4.90 Å². The molecule has 98 valence electrons. The number of hydrogen-bond donors (Lipinski definition) is 1. The third-order valence-electron chi connectivity index (χ3n) is 2.50. The zero-order valence-electron chi connectivity index (χ0n) is 10.5. The normalized spacial score (nSPS) is 10.1. The smallest absolute Gasteiger partial charge is 0.253 e. The van der Waals surface area contributed by atoms with Gasteiger partial charge in [0.1, 0.15) is 0 Å². The van der Waals surface area contributed by atoms with E-state index in [0.29, 0.717) is 36.7 Å². The van der Waals surface area contributed by atoms with Crippen LogP contribution in [0.2, 0.25) is 0 Å². The lowest BCUT2D eigenvalue weighted by molar-refractivity contribution is 0.0701. The summed E-state index contributed by atoms with van der Waals surface area (Å²) < 4.78 is 5.01. The molecule has 0 unspecified atom stereocenters. The maximum Gasteiger partial charge on any atom is 0.253 e. The monoisotopic (exact) mass is 266 g/mol. The summed E-state index contributed by atoms with van der Waals surface area (Å²) in [5.74, 6) is -0.0242. The Morgan fingerprint density at radius 3 is 2.56 bits per heavy atom. The maximum atomic E-state index is 12.2. The third kappa shape index (κ3) is 4.81. The Morgan fingerprint density at radius 1 is 1.33 bits per heavy atom. The number of amides is 1. The first-order valence-electron chi connectivity index (χ1n) is 5.76. The molecule has 0 bridgehead atoms. The standard InChI is InChI=1S/C13H18N2O2S/c1-17-10-9-15(8-7-12(14)18)13(16)11-5-3-2-4-6-11/h2-6H,7-10H2,1H3,(H2,14,18). The summed E-state index contributed by atoms with van der Waals surface area (Å²) in [7, 11) is 1.61. The van der Waals surface area contributed by atoms with Gasteiger partial charge in [0.15, 0.2) is 0 Å². The molecular weight excluding hydrogens is 248 g/mol. The van der Waals surface area contributed by atoms with Crippen molar-refractivity contribution in [3.05, 3.63) is 35.9 Å². The predicted molar refractivity (Wildman–Crippen MR) is 75.6 cm³/mol. The largest absolute Gasteiger partial charge is 0.393 e. The van der Waals surface area contributed by atoms with Crippen LogP contribution in [0, 0.1) is 0 Å². The quantitative estimate of drug-likeness (QED) is 0.759. The average Bonchev–Trinajstić information content (AvgIpc) is 2.39. The molecule has 0 saturated heterocycles. The van der Waals surface area contributed by atoms with E-state index < -0.39 is 0 Å². The van der Waals surface area contributed by atoms with Crippen LogP contribution in [0.3, 0.4) is 0 Å². The van der Waals surface area contributed by atoms with E-state index in [9.17, 15) is 4.79 Å². The fourth-order valence-electron chi connectivity index (χ4n) is 1.52. The summed E-state index contributed by atoms with van der Waals surface area (Å²) in [6, 6.07) is 9.15. The van der Waals surface area contributed by atoms with Gasteiger partial charge < -0.3 is 15.4 Å². The van der Waals surface area contributed by atoms with Crippen molar-refractivity contribution in [1.29, 1.82) is 0 Å². The molecule has 1 aromatic carbocycles. The van der Waals surface area contributed by atoms with Gasteiger partial charge in [-0.1, -0.05) is 30.4 Å². The van der Waals surface area contributed by atoms with Gasteiger partial charge in [0, 0.05) is 32.2 Å². The van der Waals surface area contributed by atoms with E-state index in [2.05, 4.69) is 0 Å². The molecule has 1 aromatic rings. The minimum atomic E-state index is -0.0242. The molecule has 18 heavy (non-hydrogen) atoms. The van der Waals surface area contributed by atoms with E-state index in [1.165, 1.54) is 0 Å². The number of ether oxygens (including phenoxy) is 1. The zero-order valence-corrected chi connectivity index (χ0v) is 11.3. The van der Waals surface area contributed by atoms with Crippen LogP contribution in [-0.2, 0) is 4.74 Å². The molecule has 0 atom stereocenters. The van der Waals surface area contributed by atoms with E-state index >= 15 is 0 Å². The molecule has 0 aliphatic carbocycles. The summed E-state index contributed by atoms with van der Waals surface area (Å²) >= 11 is 4.84. The molecular formula is C13H18N2O2S. The molecule has 5 heteroatoms. The van der Waals surface area contributed by atoms with Gasteiger partial charge >= 0.3 is 0 Å². The van der Waals surface area contributed by atoms with Crippen LogP contribution in [0.15, 0.2) is 30.3 Å². The molecule has 1 rings (SSSR count). The van der Waals surface area contributed by atoms with Gasteiger partial charge in [0.2, 0.25) is 0 Å². The van der Waals surface area contributed by atoms with Crippen LogP contribution in [0.4, 0.5) is 0 Å². The molecule has 4 nitrogen and oxygen atoms in total. The molecule has 0 aliphatic rings. The number of rotatable bonds is 7. The van der Waals surface area contributed by atoms with Gasteiger partial charge in [0.05, 0.1) is 11.6 Å². The van der Waals surface area contributed by atoms with Crippen LogP contribution >= 0.6 is 12.2 Å². The van der Waals surface area contributed by atoms with Crippen molar-refractivity contribution in [2.24, 2.45) is 5.73 Å². The lowest BCUT2D eigenvalue weighted by atomic mass is 10.2. The zero-order chi connectivity index (χ0) is 13.4. The second kappa shape index (κ2) is 7.79. The second-order valence-electron chi connectivity index (χ2n) is 3.87. The minimum absolute atomic E-state index is 0.0242. The Morgan fingerprint density at radius 2 is 2.00 bits per heavy atom. The summed E-state index contributed by atoms with van der Waals surface area (Å²) in [5.41, 5.74) is 6.13. The Labute approximate surface area is 113 Å². The first-order chi connectivity index (χ1) is 8.65. The van der Waals surface area contributed by atoms with E-state index in [-0.39, 0.29) is 5.91 Å². The van der Waals surface area contributed by atoms with Crippen LogP contribution in [0.1, 0.15) is 16.8 Å². The molecule has 0 aliphatic heterocycles. The van der Waals surface area contributed by atoms with Crippen molar-refractivity contribution >= 4 is 23.1 Å². The molecule has 2 N–H and O–H groups in total. The lowest BCUT2D eigenvalue weighted by Gasteiger charge is -2.22. The van der Waals surface area contributed by atoms with Crippen molar-refractivity contribution in [2.75, 3.05) is 26.8 Å². The van der Waals surface area contributed by atoms with Crippen molar-refractivity contribution < 1.29 is 9.53 Å². The fraction of sp³-hybridized carbons (Fsp3) is 0.385. The van der Waals surface area contributed by atoms with Crippen LogP contribution in [0.5, 0.6) is 0 Å². The Kier molecular flexibility index (Phi) is 6.32. The molecule has 0 aromatic heterocycles. The van der Waals surface area contributed by atoms with Gasteiger partial charge in [-0.15, -0.1) is 0 Å². The van der Waals surface area contributed by atoms with Gasteiger partial charge in [-0.2, -0.15) is 0 Å². The summed E-state index contributed by atoms with van der Waals surface area (Å²) in [6.45, 7) is 1.55. The first kappa shape index (κ1) is 14.6. The number of nitrogens with zero attached hydrogens (tertiary/aromatic N) is 1. The predicted octanol–water partition coefficient (Wildman–Crippen LogP) is 1.45. The average molecular weight is 266 g/mol. The maximum absolute atomic E-state index is 12.2. The Bertz CT molecular complexity index is 395. The van der Waals surface area contributed by atoms with E-state index in [0.717, 1.165) is 0 Å². The van der Waals surface area contributed by atoms with E-state index in [1.807, 2.05) is 18.2 Å². The Hall–Kier alpha value is -1.46. The van der Waals surface area contributed by atoms with Gasteiger partial charge in [-0.05, 0) is 12.1 Å². The number of methoxy groups -OCH3 is 1. The Balaban J connectivity index is 2.69. The number of carbonyl (C=O) groups is 1. The highest BCUT2D eigenvalue weighted by Gasteiger charge is 2.14. The van der Waals surface area contributed by atoms with Gasteiger partial charge in [0.25, 0.3) is 5.91 Å². The number of nitrogens with two attached hydrogens (primary N) is 1. The topological polar surface area (TPSA) is 55.6 Å². The minimum Gasteiger partial charge on any atom is -0.393 e. The van der Waals surface area contributed by atoms with Crippen molar-refractivity contribution in [3.63, 3.8) is 0 Å². The number of hydrogen-bond acceptors (Lipinski definition) is 3. The van der Waals surface area contributed by atoms with Crippen LogP contribution in [0.25, 0.3) is 0 Å². The number of thiocarbonyl (C=S) groups is 1. The molecule has 1 amide bonds. The number of benzene rings is 1. The molecule has 0 fully saturated rings. The van der Waals surface area contributed by atoms with Gasteiger partial charge in [-0.3, -0.25) is 4.79 Å². The summed E-state index contributed by atoms with van der Waals surface area (Å²) in [4.78, 5) is 14.4. The SMILES string of the molecule is COCCN(CCC(N)=S)C(=O)c1ccccc1. The first-order valence-corrected chi connectivity index (χ1v) is 6.17. The van der Waals surface area contributed by atoms with Crippen molar-refractivity contribution in [2.45, 2.75) is 6.42 Å². The number of carbonyl (C=O) groups excluding carboxylic acids is 1. The highest BCUT2D eigenvalue weighted by molar-refractivity contribution is 7.80. The van der Waals surface area contributed by atoms with E-state index in [1.54, 1.807) is 24.1 Å². The molecule has 0 saturated carbocycles. The molecule has 0 radical (unpaired) electrons. The van der Waals surface area contributed by atoms with Crippen LogP contribution < -0.4 is 5.73 Å². The summed E-state index contributed by atoms with van der Waals surface area (Å²) in [5, 5.41) is 0.